The molecular formula is C17H16F2O3. The minimum absolute atomic E-state index is 0.0349. The fraction of sp³-hybridized carbons (Fsp3) is 0.235. The second-order valence-electron chi connectivity index (χ2n) is 4.79. The molecule has 2 aromatic carbocycles. The molecule has 22 heavy (non-hydrogen) atoms. The van der Waals surface area contributed by atoms with Crippen LogP contribution in [0.5, 0.6) is 5.75 Å². The summed E-state index contributed by atoms with van der Waals surface area (Å²) in [6.07, 6.45) is -0.184. The van der Waals surface area contributed by atoms with Gasteiger partial charge in [0, 0.05) is 11.5 Å². The van der Waals surface area contributed by atoms with Crippen molar-refractivity contribution >= 4 is 5.97 Å². The van der Waals surface area contributed by atoms with Crippen LogP contribution in [0.1, 0.15) is 30.4 Å². The van der Waals surface area contributed by atoms with Crippen LogP contribution in [0.4, 0.5) is 8.78 Å². The molecule has 0 fully saturated rings. The maximum Gasteiger partial charge on any atom is 0.306 e. The fourth-order valence-electron chi connectivity index (χ4n) is 2.32. The van der Waals surface area contributed by atoms with E-state index in [1.807, 2.05) is 0 Å². The Kier molecular flexibility index (Phi) is 5.09. The van der Waals surface area contributed by atoms with E-state index in [2.05, 4.69) is 0 Å². The van der Waals surface area contributed by atoms with Crippen LogP contribution in [0.25, 0.3) is 0 Å². The number of hydrogen-bond acceptors (Lipinski definition) is 3. The van der Waals surface area contributed by atoms with Gasteiger partial charge in [0.2, 0.25) is 0 Å². The van der Waals surface area contributed by atoms with Crippen LogP contribution in [0, 0.1) is 11.6 Å². The molecule has 1 atom stereocenters. The van der Waals surface area contributed by atoms with Gasteiger partial charge in [0.1, 0.15) is 17.4 Å². The summed E-state index contributed by atoms with van der Waals surface area (Å²) in [6, 6.07) is 9.45. The Bertz CT molecular complexity index is 633. The van der Waals surface area contributed by atoms with E-state index >= 15 is 0 Å². The summed E-state index contributed by atoms with van der Waals surface area (Å²) in [6.45, 7) is 1.86. The maximum absolute atomic E-state index is 14.1. The smallest absolute Gasteiger partial charge is 0.306 e. The minimum Gasteiger partial charge on any atom is -0.508 e. The van der Waals surface area contributed by atoms with E-state index in [1.165, 1.54) is 30.3 Å². The monoisotopic (exact) mass is 306 g/mol. The number of carbonyl (C=O) groups is 1. The van der Waals surface area contributed by atoms with E-state index in [4.69, 9.17) is 4.74 Å². The SMILES string of the molecule is CCOC(=O)C[C@H](c1ccc(O)cc1)c1c(F)cccc1F. The molecule has 0 saturated heterocycles. The molecule has 1 N–H and O–H groups in total. The number of carbonyl (C=O) groups excluding carboxylic acids is 1. The van der Waals surface area contributed by atoms with Crippen molar-refractivity contribution in [3.63, 3.8) is 0 Å². The second-order valence-corrected chi connectivity index (χ2v) is 4.79. The molecule has 0 radical (unpaired) electrons. The molecule has 0 aliphatic rings. The summed E-state index contributed by atoms with van der Waals surface area (Å²) >= 11 is 0. The average Bonchev–Trinajstić information content (AvgIpc) is 2.47. The van der Waals surface area contributed by atoms with Crippen molar-refractivity contribution in [2.24, 2.45) is 0 Å². The first-order valence-electron chi connectivity index (χ1n) is 6.91. The zero-order valence-corrected chi connectivity index (χ0v) is 12.1. The Morgan fingerprint density at radius 1 is 1.14 bits per heavy atom. The lowest BCUT2D eigenvalue weighted by Gasteiger charge is -2.18. The lowest BCUT2D eigenvalue weighted by atomic mass is 9.87. The number of phenolic OH excluding ortho intramolecular Hbond substituents is 1. The highest BCUT2D eigenvalue weighted by Gasteiger charge is 2.25. The predicted molar refractivity (Wildman–Crippen MR) is 77.6 cm³/mol. The predicted octanol–water partition coefficient (Wildman–Crippen LogP) is 3.76. The first kappa shape index (κ1) is 15.9. The van der Waals surface area contributed by atoms with Crippen LogP contribution in [-0.2, 0) is 9.53 Å². The highest BCUT2D eigenvalue weighted by atomic mass is 19.1. The fourth-order valence-corrected chi connectivity index (χ4v) is 2.32. The van der Waals surface area contributed by atoms with Crippen molar-refractivity contribution in [1.29, 1.82) is 0 Å². The van der Waals surface area contributed by atoms with Gasteiger partial charge >= 0.3 is 5.97 Å². The van der Waals surface area contributed by atoms with Gasteiger partial charge in [-0.15, -0.1) is 0 Å². The molecule has 116 valence electrons. The van der Waals surface area contributed by atoms with Crippen LogP contribution in [0.3, 0.4) is 0 Å². The molecule has 0 aromatic heterocycles. The zero-order chi connectivity index (χ0) is 16.1. The highest BCUT2D eigenvalue weighted by Crippen LogP contribution is 2.33. The molecule has 3 nitrogen and oxygen atoms in total. The van der Waals surface area contributed by atoms with Gasteiger partial charge in [-0.3, -0.25) is 4.79 Å². The molecular weight excluding hydrogens is 290 g/mol. The molecule has 2 rings (SSSR count). The van der Waals surface area contributed by atoms with Crippen molar-refractivity contribution in [3.05, 3.63) is 65.2 Å². The first-order valence-corrected chi connectivity index (χ1v) is 6.91. The number of hydrogen-bond donors (Lipinski definition) is 1. The number of rotatable bonds is 5. The summed E-state index contributed by atoms with van der Waals surface area (Å²) in [5.41, 5.74) is 0.344. The third kappa shape index (κ3) is 3.61. The molecule has 0 saturated carbocycles. The number of benzene rings is 2. The minimum atomic E-state index is -0.819. The van der Waals surface area contributed by atoms with E-state index in [0.717, 1.165) is 12.1 Å². The van der Waals surface area contributed by atoms with Crippen molar-refractivity contribution in [1.82, 2.24) is 0 Å². The number of ether oxygens (including phenoxy) is 1. The Balaban J connectivity index is 2.45. The molecule has 0 bridgehead atoms. The molecule has 2 aromatic rings. The van der Waals surface area contributed by atoms with Crippen LogP contribution >= 0.6 is 0 Å². The van der Waals surface area contributed by atoms with E-state index in [9.17, 15) is 18.7 Å². The van der Waals surface area contributed by atoms with Gasteiger partial charge in [-0.05, 0) is 36.8 Å². The number of esters is 1. The van der Waals surface area contributed by atoms with Crippen molar-refractivity contribution < 1.29 is 23.4 Å². The lowest BCUT2D eigenvalue weighted by molar-refractivity contribution is -0.143. The molecule has 0 heterocycles. The Morgan fingerprint density at radius 2 is 1.73 bits per heavy atom. The van der Waals surface area contributed by atoms with Gasteiger partial charge in [-0.2, -0.15) is 0 Å². The number of halogens is 2. The van der Waals surface area contributed by atoms with Gasteiger partial charge in [0.15, 0.2) is 0 Å². The number of aromatic hydroxyl groups is 1. The summed E-state index contributed by atoms with van der Waals surface area (Å²) in [7, 11) is 0. The second kappa shape index (κ2) is 7.02. The quantitative estimate of drug-likeness (QED) is 0.856. The molecule has 0 aliphatic carbocycles. The summed E-state index contributed by atoms with van der Waals surface area (Å²) in [4.78, 5) is 11.8. The van der Waals surface area contributed by atoms with Gasteiger partial charge in [0.05, 0.1) is 13.0 Å². The topological polar surface area (TPSA) is 46.5 Å². The normalized spacial score (nSPS) is 12.0. The molecule has 0 spiro atoms. The largest absolute Gasteiger partial charge is 0.508 e. The Morgan fingerprint density at radius 3 is 2.27 bits per heavy atom. The third-order valence-electron chi connectivity index (χ3n) is 3.32. The van der Waals surface area contributed by atoms with Gasteiger partial charge in [0.25, 0.3) is 0 Å². The molecule has 0 unspecified atom stereocenters. The van der Waals surface area contributed by atoms with Gasteiger partial charge in [-0.25, -0.2) is 8.78 Å². The molecule has 5 heteroatoms. The van der Waals surface area contributed by atoms with E-state index in [1.54, 1.807) is 6.92 Å². The zero-order valence-electron chi connectivity index (χ0n) is 12.1. The summed E-state index contributed by atoms with van der Waals surface area (Å²) in [5.74, 6) is -2.76. The van der Waals surface area contributed by atoms with Crippen molar-refractivity contribution in [2.45, 2.75) is 19.3 Å². The van der Waals surface area contributed by atoms with Crippen LogP contribution < -0.4 is 0 Å². The Labute approximate surface area is 127 Å². The molecule has 0 aliphatic heterocycles. The van der Waals surface area contributed by atoms with Crippen LogP contribution in [-0.4, -0.2) is 17.7 Å². The van der Waals surface area contributed by atoms with Gasteiger partial charge in [-0.1, -0.05) is 18.2 Å². The van der Waals surface area contributed by atoms with E-state index < -0.39 is 23.5 Å². The highest BCUT2D eigenvalue weighted by molar-refractivity contribution is 5.71. The van der Waals surface area contributed by atoms with Crippen LogP contribution in [0.15, 0.2) is 42.5 Å². The van der Waals surface area contributed by atoms with Crippen molar-refractivity contribution in [3.8, 4) is 5.75 Å². The van der Waals surface area contributed by atoms with E-state index in [0.29, 0.717) is 5.56 Å². The first-order chi connectivity index (χ1) is 10.5. The van der Waals surface area contributed by atoms with E-state index in [-0.39, 0.29) is 24.3 Å². The standard InChI is InChI=1S/C17H16F2O3/c1-2-22-16(21)10-13(11-6-8-12(20)9-7-11)17-14(18)4-3-5-15(17)19/h3-9,13,20H,2,10H2,1H3/t13-/m1/s1. The average molecular weight is 306 g/mol. The number of phenols is 1. The Hall–Kier alpha value is -2.43. The third-order valence-corrected chi connectivity index (χ3v) is 3.32. The molecule has 0 amide bonds. The van der Waals surface area contributed by atoms with Crippen molar-refractivity contribution in [2.75, 3.05) is 6.61 Å². The summed E-state index contributed by atoms with van der Waals surface area (Å²) in [5, 5.41) is 9.34. The van der Waals surface area contributed by atoms with Crippen LogP contribution in [0.2, 0.25) is 0 Å². The van der Waals surface area contributed by atoms with Gasteiger partial charge < -0.3 is 9.84 Å². The lowest BCUT2D eigenvalue weighted by Crippen LogP contribution is -2.14. The maximum atomic E-state index is 14.1. The summed E-state index contributed by atoms with van der Waals surface area (Å²) < 4.78 is 33.0.